The lowest BCUT2D eigenvalue weighted by Gasteiger charge is -2.44. The predicted molar refractivity (Wildman–Crippen MR) is 63.4 cm³/mol. The third kappa shape index (κ3) is 1.70. The molecule has 1 aliphatic carbocycles. The molecule has 0 amide bonds. The molecule has 1 saturated carbocycles. The number of Topliss-reactive ketones (excluding diaryl/α,β-unsaturated/α-hetero) is 1. The van der Waals surface area contributed by atoms with Crippen molar-refractivity contribution in [1.29, 1.82) is 0 Å². The van der Waals surface area contributed by atoms with Crippen LogP contribution in [0.25, 0.3) is 0 Å². The first-order valence-electron chi connectivity index (χ1n) is 6.78. The third-order valence-corrected chi connectivity index (χ3v) is 4.66. The lowest BCUT2D eigenvalue weighted by Crippen LogP contribution is -2.58. The fourth-order valence-electron chi connectivity index (χ4n) is 3.79. The number of hydrogen-bond donors (Lipinski definition) is 0. The number of piperazine rings is 1. The normalized spacial score (nSPS) is 41.6. The Hall–Kier alpha value is -0.410. The van der Waals surface area contributed by atoms with Crippen LogP contribution in [0.4, 0.5) is 0 Å². The van der Waals surface area contributed by atoms with Crippen LogP contribution < -0.4 is 0 Å². The highest BCUT2D eigenvalue weighted by molar-refractivity contribution is 5.85. The van der Waals surface area contributed by atoms with Crippen LogP contribution in [0, 0.1) is 0 Å². The number of carbonyl (C=O) groups excluding carboxylic acids is 1. The quantitative estimate of drug-likeness (QED) is 0.667. The maximum atomic E-state index is 11.9. The van der Waals surface area contributed by atoms with Crippen molar-refractivity contribution in [3.8, 4) is 0 Å². The summed E-state index contributed by atoms with van der Waals surface area (Å²) >= 11 is 0. The summed E-state index contributed by atoms with van der Waals surface area (Å²) in [7, 11) is 0. The van der Waals surface area contributed by atoms with Gasteiger partial charge in [-0.15, -0.1) is 0 Å². The molecular weight excluding hydrogens is 200 g/mol. The number of rotatable bonds is 1. The Morgan fingerprint density at radius 1 is 1.19 bits per heavy atom. The summed E-state index contributed by atoms with van der Waals surface area (Å²) in [6.45, 7) is 5.88. The zero-order valence-electron chi connectivity index (χ0n) is 10.2. The maximum Gasteiger partial charge on any atom is 0.149 e. The summed E-state index contributed by atoms with van der Waals surface area (Å²) in [5.41, 5.74) is 0. The van der Waals surface area contributed by atoms with Gasteiger partial charge in [0.25, 0.3) is 0 Å². The highest BCUT2D eigenvalue weighted by Crippen LogP contribution is 2.29. The first-order valence-corrected chi connectivity index (χ1v) is 6.78. The SMILES string of the molecule is CC1CN2CCCC2CN1C1CCCC1=O. The summed E-state index contributed by atoms with van der Waals surface area (Å²) < 4.78 is 0. The Morgan fingerprint density at radius 3 is 2.81 bits per heavy atom. The van der Waals surface area contributed by atoms with Crippen LogP contribution in [-0.4, -0.2) is 53.3 Å². The Morgan fingerprint density at radius 2 is 2.06 bits per heavy atom. The number of ketones is 1. The lowest BCUT2D eigenvalue weighted by molar-refractivity contribution is -0.124. The van der Waals surface area contributed by atoms with Gasteiger partial charge in [0.2, 0.25) is 0 Å². The van der Waals surface area contributed by atoms with Crippen molar-refractivity contribution in [2.24, 2.45) is 0 Å². The van der Waals surface area contributed by atoms with Gasteiger partial charge in [-0.05, 0) is 39.2 Å². The zero-order chi connectivity index (χ0) is 11.1. The smallest absolute Gasteiger partial charge is 0.149 e. The second-order valence-electron chi connectivity index (χ2n) is 5.71. The van der Waals surface area contributed by atoms with Crippen molar-refractivity contribution in [2.45, 2.75) is 57.2 Å². The van der Waals surface area contributed by atoms with E-state index in [1.165, 1.54) is 25.9 Å². The van der Waals surface area contributed by atoms with Crippen LogP contribution in [0.15, 0.2) is 0 Å². The van der Waals surface area contributed by atoms with Crippen LogP contribution in [0.1, 0.15) is 39.0 Å². The van der Waals surface area contributed by atoms with Crippen molar-refractivity contribution < 1.29 is 4.79 Å². The van der Waals surface area contributed by atoms with Gasteiger partial charge in [0, 0.05) is 31.6 Å². The molecule has 0 aromatic heterocycles. The van der Waals surface area contributed by atoms with Crippen molar-refractivity contribution in [1.82, 2.24) is 9.80 Å². The lowest BCUT2D eigenvalue weighted by atomic mass is 10.0. The molecule has 90 valence electrons. The van der Waals surface area contributed by atoms with E-state index in [0.29, 0.717) is 11.8 Å². The van der Waals surface area contributed by atoms with Crippen molar-refractivity contribution in [3.05, 3.63) is 0 Å². The first-order chi connectivity index (χ1) is 7.75. The largest absolute Gasteiger partial charge is 0.298 e. The van der Waals surface area contributed by atoms with Gasteiger partial charge in [0.1, 0.15) is 5.78 Å². The van der Waals surface area contributed by atoms with E-state index >= 15 is 0 Å². The van der Waals surface area contributed by atoms with Crippen LogP contribution in [0.3, 0.4) is 0 Å². The highest BCUT2D eigenvalue weighted by Gasteiger charge is 2.40. The van der Waals surface area contributed by atoms with Gasteiger partial charge in [0.05, 0.1) is 6.04 Å². The van der Waals surface area contributed by atoms with E-state index in [0.717, 1.165) is 31.8 Å². The van der Waals surface area contributed by atoms with Crippen molar-refractivity contribution in [2.75, 3.05) is 19.6 Å². The topological polar surface area (TPSA) is 23.6 Å². The maximum absolute atomic E-state index is 11.9. The summed E-state index contributed by atoms with van der Waals surface area (Å²) in [5, 5.41) is 0. The molecule has 3 rings (SSSR count). The highest BCUT2D eigenvalue weighted by atomic mass is 16.1. The van der Waals surface area contributed by atoms with Crippen LogP contribution >= 0.6 is 0 Å². The predicted octanol–water partition coefficient (Wildman–Crippen LogP) is 1.28. The molecule has 0 radical (unpaired) electrons. The van der Waals surface area contributed by atoms with Crippen LogP contribution in [0.2, 0.25) is 0 Å². The van der Waals surface area contributed by atoms with E-state index in [1.54, 1.807) is 0 Å². The van der Waals surface area contributed by atoms with E-state index in [-0.39, 0.29) is 6.04 Å². The van der Waals surface area contributed by atoms with Gasteiger partial charge in [-0.2, -0.15) is 0 Å². The second kappa shape index (κ2) is 4.11. The second-order valence-corrected chi connectivity index (χ2v) is 5.71. The van der Waals surface area contributed by atoms with E-state index in [1.807, 2.05) is 0 Å². The molecule has 2 aliphatic heterocycles. The van der Waals surface area contributed by atoms with E-state index < -0.39 is 0 Å². The molecule has 2 saturated heterocycles. The molecule has 0 N–H and O–H groups in total. The van der Waals surface area contributed by atoms with Gasteiger partial charge in [-0.1, -0.05) is 0 Å². The van der Waals surface area contributed by atoms with E-state index in [2.05, 4.69) is 16.7 Å². The minimum absolute atomic E-state index is 0.262. The molecular formula is C13H22N2O. The van der Waals surface area contributed by atoms with Gasteiger partial charge in [-0.25, -0.2) is 0 Å². The van der Waals surface area contributed by atoms with E-state index in [4.69, 9.17) is 0 Å². The van der Waals surface area contributed by atoms with E-state index in [9.17, 15) is 4.79 Å². The summed E-state index contributed by atoms with van der Waals surface area (Å²) in [5.74, 6) is 0.498. The minimum atomic E-state index is 0.262. The molecule has 3 heteroatoms. The molecule has 3 unspecified atom stereocenters. The van der Waals surface area contributed by atoms with Crippen molar-refractivity contribution >= 4 is 5.78 Å². The Balaban J connectivity index is 1.72. The molecule has 3 atom stereocenters. The first kappa shape index (κ1) is 10.7. The Kier molecular flexibility index (Phi) is 2.76. The van der Waals surface area contributed by atoms with Crippen LogP contribution in [0.5, 0.6) is 0 Å². The van der Waals surface area contributed by atoms with Crippen LogP contribution in [-0.2, 0) is 4.79 Å². The molecule has 0 aromatic rings. The molecule has 16 heavy (non-hydrogen) atoms. The van der Waals surface area contributed by atoms with Gasteiger partial charge in [-0.3, -0.25) is 14.6 Å². The van der Waals surface area contributed by atoms with Gasteiger partial charge < -0.3 is 0 Å². The average molecular weight is 222 g/mol. The molecule has 0 aromatic carbocycles. The Labute approximate surface area is 97.8 Å². The number of hydrogen-bond acceptors (Lipinski definition) is 3. The summed E-state index contributed by atoms with van der Waals surface area (Å²) in [6.07, 6.45) is 5.73. The Bertz CT molecular complexity index is 292. The molecule has 0 spiro atoms. The van der Waals surface area contributed by atoms with Gasteiger partial charge in [0.15, 0.2) is 0 Å². The molecule has 3 aliphatic rings. The molecule has 3 nitrogen and oxygen atoms in total. The monoisotopic (exact) mass is 222 g/mol. The minimum Gasteiger partial charge on any atom is -0.298 e. The molecule has 2 heterocycles. The number of carbonyl (C=O) groups is 1. The average Bonchev–Trinajstić information content (AvgIpc) is 2.85. The number of nitrogens with zero attached hydrogens (tertiary/aromatic N) is 2. The number of fused-ring (bicyclic) bond motifs is 1. The standard InChI is InChI=1S/C13H22N2O/c1-10-8-14-7-3-4-11(14)9-15(10)12-5-2-6-13(12)16/h10-12H,2-9H2,1H3. The fraction of sp³-hybridized carbons (Fsp3) is 0.923. The summed E-state index contributed by atoms with van der Waals surface area (Å²) in [4.78, 5) is 17.0. The van der Waals surface area contributed by atoms with Gasteiger partial charge >= 0.3 is 0 Å². The molecule has 0 bridgehead atoms. The zero-order valence-corrected chi connectivity index (χ0v) is 10.2. The molecule has 3 fully saturated rings. The fourth-order valence-corrected chi connectivity index (χ4v) is 3.79. The van der Waals surface area contributed by atoms with Crippen molar-refractivity contribution in [3.63, 3.8) is 0 Å². The third-order valence-electron chi connectivity index (χ3n) is 4.66. The summed E-state index contributed by atoms with van der Waals surface area (Å²) in [6, 6.07) is 1.57.